The van der Waals surface area contributed by atoms with Crippen LogP contribution in [0.2, 0.25) is 18.1 Å². The minimum absolute atomic E-state index is 0.0490. The Morgan fingerprint density at radius 1 is 0.909 bits per heavy atom. The summed E-state index contributed by atoms with van der Waals surface area (Å²) in [6.45, 7) is 11.4. The van der Waals surface area contributed by atoms with E-state index in [0.29, 0.717) is 12.4 Å². The Kier molecular flexibility index (Phi) is 9.75. The fraction of sp³-hybridized carbons (Fsp3) is 0.306. The molecule has 0 radical (unpaired) electrons. The second-order valence-corrected chi connectivity index (χ2v) is 18.3. The lowest BCUT2D eigenvalue weighted by atomic mass is 9.89. The molecule has 230 valence electrons. The van der Waals surface area contributed by atoms with Crippen molar-refractivity contribution in [3.8, 4) is 5.75 Å². The van der Waals surface area contributed by atoms with Gasteiger partial charge in [0.2, 0.25) is 0 Å². The van der Waals surface area contributed by atoms with Crippen LogP contribution in [-0.4, -0.2) is 26.9 Å². The first-order valence-electron chi connectivity index (χ1n) is 14.8. The summed E-state index contributed by atoms with van der Waals surface area (Å²) in [5.74, 6) is 0.220. The van der Waals surface area contributed by atoms with E-state index in [1.807, 2.05) is 78.9 Å². The number of amides is 1. The number of β-lactam (4-membered cyclic amide) rings is 1. The lowest BCUT2D eigenvalue weighted by molar-refractivity contribution is -0.145. The highest BCUT2D eigenvalue weighted by Crippen LogP contribution is 2.46. The molecule has 0 N–H and O–H groups in total. The number of halogens is 2. The molecule has 0 aromatic heterocycles. The molecular weight excluding hydrogens is 637 g/mol. The molecule has 5 rings (SSSR count). The summed E-state index contributed by atoms with van der Waals surface area (Å²) in [4.78, 5) is 15.6. The van der Waals surface area contributed by atoms with Gasteiger partial charge in [-0.3, -0.25) is 9.69 Å². The highest BCUT2D eigenvalue weighted by Gasteiger charge is 2.51. The van der Waals surface area contributed by atoms with Crippen molar-refractivity contribution < 1.29 is 23.1 Å². The van der Waals surface area contributed by atoms with Crippen LogP contribution >= 0.6 is 15.9 Å². The second-order valence-electron chi connectivity index (χ2n) is 12.6. The smallest absolute Gasteiger partial charge is 0.259 e. The zero-order chi connectivity index (χ0) is 31.5. The molecule has 8 heteroatoms. The van der Waals surface area contributed by atoms with Crippen molar-refractivity contribution in [1.29, 1.82) is 0 Å². The lowest BCUT2D eigenvalue weighted by Crippen LogP contribution is -2.60. The zero-order valence-corrected chi connectivity index (χ0v) is 28.4. The number of benzene rings is 4. The summed E-state index contributed by atoms with van der Waals surface area (Å²) in [6, 6.07) is 31.4. The molecule has 3 atom stereocenters. The van der Waals surface area contributed by atoms with Crippen molar-refractivity contribution in [2.75, 3.05) is 11.5 Å². The van der Waals surface area contributed by atoms with E-state index in [2.05, 4.69) is 49.8 Å². The summed E-state index contributed by atoms with van der Waals surface area (Å²) in [5.41, 5.74) is 3.49. The Labute approximate surface area is 269 Å². The summed E-state index contributed by atoms with van der Waals surface area (Å²) >= 11 is 3.59. The Bertz CT molecular complexity index is 1560. The van der Waals surface area contributed by atoms with Crippen molar-refractivity contribution in [2.45, 2.75) is 63.8 Å². The van der Waals surface area contributed by atoms with Crippen LogP contribution in [0.1, 0.15) is 49.6 Å². The number of ether oxygens (including phenoxy) is 2. The van der Waals surface area contributed by atoms with Crippen molar-refractivity contribution in [3.63, 3.8) is 0 Å². The first-order valence-corrected chi connectivity index (χ1v) is 18.5. The van der Waals surface area contributed by atoms with Crippen LogP contribution in [0.3, 0.4) is 0 Å². The standard InChI is InChI=1S/C36H39BrFNO4Si/c1-36(2,3)44(4,5)43-32(26-16-19-28(38)20-17-26)24-42-34-33(39(35(34)40)29-14-10-7-11-15-29)30-21-18-27(37)22-31(30)41-23-25-12-8-6-9-13-25/h6-22,32-34H,23-24H2,1-5H3/t32-,33+,34+/m0/s1. The molecule has 0 unspecified atom stereocenters. The fourth-order valence-corrected chi connectivity index (χ4v) is 6.62. The minimum Gasteiger partial charge on any atom is -0.488 e. The van der Waals surface area contributed by atoms with Gasteiger partial charge >= 0.3 is 0 Å². The third kappa shape index (κ3) is 7.15. The van der Waals surface area contributed by atoms with Gasteiger partial charge in [0.25, 0.3) is 5.91 Å². The van der Waals surface area contributed by atoms with Gasteiger partial charge in [-0.15, -0.1) is 0 Å². The Morgan fingerprint density at radius 3 is 2.18 bits per heavy atom. The van der Waals surface area contributed by atoms with E-state index in [4.69, 9.17) is 13.9 Å². The monoisotopic (exact) mass is 675 g/mol. The van der Waals surface area contributed by atoms with Crippen LogP contribution in [0.15, 0.2) is 108 Å². The quantitative estimate of drug-likeness (QED) is 0.117. The van der Waals surface area contributed by atoms with Crippen LogP contribution in [0, 0.1) is 5.82 Å². The van der Waals surface area contributed by atoms with Gasteiger partial charge in [-0.1, -0.05) is 103 Å². The van der Waals surface area contributed by atoms with E-state index in [1.54, 1.807) is 17.0 Å². The van der Waals surface area contributed by atoms with Crippen LogP contribution in [-0.2, 0) is 20.6 Å². The number of anilines is 1. The molecule has 0 spiro atoms. The maximum atomic E-state index is 13.9. The van der Waals surface area contributed by atoms with E-state index in [1.165, 1.54) is 12.1 Å². The Hall–Kier alpha value is -3.30. The summed E-state index contributed by atoms with van der Waals surface area (Å²) in [6.07, 6.45) is -1.23. The molecule has 1 fully saturated rings. The van der Waals surface area contributed by atoms with E-state index in [-0.39, 0.29) is 23.4 Å². The maximum Gasteiger partial charge on any atom is 0.259 e. The molecule has 1 saturated heterocycles. The van der Waals surface area contributed by atoms with Crippen LogP contribution in [0.4, 0.5) is 10.1 Å². The van der Waals surface area contributed by atoms with E-state index < -0.39 is 26.6 Å². The van der Waals surface area contributed by atoms with Gasteiger partial charge in [-0.05, 0) is 65.7 Å². The molecule has 0 bridgehead atoms. The van der Waals surface area contributed by atoms with E-state index >= 15 is 0 Å². The number of rotatable bonds is 11. The van der Waals surface area contributed by atoms with Gasteiger partial charge in [-0.25, -0.2) is 4.39 Å². The first-order chi connectivity index (χ1) is 20.9. The third-order valence-corrected chi connectivity index (χ3v) is 13.5. The number of carbonyl (C=O) groups is 1. The topological polar surface area (TPSA) is 48.0 Å². The van der Waals surface area contributed by atoms with Gasteiger partial charge in [-0.2, -0.15) is 0 Å². The molecule has 44 heavy (non-hydrogen) atoms. The van der Waals surface area contributed by atoms with Gasteiger partial charge in [0.1, 0.15) is 24.2 Å². The highest BCUT2D eigenvalue weighted by molar-refractivity contribution is 9.10. The molecule has 1 aliphatic rings. The predicted octanol–water partition coefficient (Wildman–Crippen LogP) is 9.40. The molecule has 5 nitrogen and oxygen atoms in total. The van der Waals surface area contributed by atoms with E-state index in [0.717, 1.165) is 26.9 Å². The number of hydrogen-bond donors (Lipinski definition) is 0. The molecule has 1 amide bonds. The summed E-state index contributed by atoms with van der Waals surface area (Å²) < 4.78 is 34.4. The van der Waals surface area contributed by atoms with Crippen LogP contribution in [0.5, 0.6) is 5.75 Å². The average molecular weight is 677 g/mol. The molecule has 1 aliphatic heterocycles. The van der Waals surface area contributed by atoms with Crippen molar-refractivity contribution in [1.82, 2.24) is 0 Å². The Balaban J connectivity index is 1.46. The van der Waals surface area contributed by atoms with Crippen LogP contribution < -0.4 is 9.64 Å². The summed E-state index contributed by atoms with van der Waals surface area (Å²) in [5, 5.41) is -0.0490. The largest absolute Gasteiger partial charge is 0.488 e. The molecular formula is C36H39BrFNO4Si. The number of para-hydroxylation sites is 1. The van der Waals surface area contributed by atoms with E-state index in [9.17, 15) is 9.18 Å². The molecule has 4 aromatic carbocycles. The lowest BCUT2D eigenvalue weighted by Gasteiger charge is -2.47. The van der Waals surface area contributed by atoms with Crippen LogP contribution in [0.25, 0.3) is 0 Å². The van der Waals surface area contributed by atoms with Gasteiger partial charge in [0, 0.05) is 15.7 Å². The van der Waals surface area contributed by atoms with Crippen molar-refractivity contribution in [2.24, 2.45) is 0 Å². The number of carbonyl (C=O) groups excluding carboxylic acids is 1. The minimum atomic E-state index is -2.25. The Morgan fingerprint density at radius 2 is 1.55 bits per heavy atom. The molecule has 4 aromatic rings. The van der Waals surface area contributed by atoms with Gasteiger partial charge in [0.15, 0.2) is 14.4 Å². The third-order valence-electron chi connectivity index (χ3n) is 8.52. The SMILES string of the molecule is CC(C)(C)[Si](C)(C)O[C@@H](CO[C@H]1C(=O)N(c2ccccc2)[C@@H]1c1ccc(Br)cc1OCc1ccccc1)c1ccc(F)cc1. The zero-order valence-electron chi connectivity index (χ0n) is 25.8. The molecule has 0 aliphatic carbocycles. The average Bonchev–Trinajstić information content (AvgIpc) is 2.99. The maximum absolute atomic E-state index is 13.9. The van der Waals surface area contributed by atoms with Crippen molar-refractivity contribution >= 4 is 35.8 Å². The fourth-order valence-electron chi connectivity index (χ4n) is 5.02. The molecule has 1 heterocycles. The first kappa shape index (κ1) is 32.1. The number of hydrogen-bond acceptors (Lipinski definition) is 4. The predicted molar refractivity (Wildman–Crippen MR) is 179 cm³/mol. The number of nitrogens with zero attached hydrogens (tertiary/aromatic N) is 1. The highest BCUT2D eigenvalue weighted by atomic mass is 79.9. The normalized spacial score (nSPS) is 17.7. The second kappa shape index (κ2) is 13.4. The summed E-state index contributed by atoms with van der Waals surface area (Å²) in [7, 11) is -2.25. The molecule has 0 saturated carbocycles. The van der Waals surface area contributed by atoms with Crippen molar-refractivity contribution in [3.05, 3.63) is 130 Å². The van der Waals surface area contributed by atoms with Gasteiger partial charge in [0.05, 0.1) is 12.7 Å². The van der Waals surface area contributed by atoms with Gasteiger partial charge < -0.3 is 13.9 Å².